The first-order valence-corrected chi connectivity index (χ1v) is 12.2. The third-order valence-electron chi connectivity index (χ3n) is 5.68. The number of hydrogen-bond donors (Lipinski definition) is 0. The standard InChI is InChI=1S/C25H23ClN4O2S/c26-20-12-10-19(11-13-20)23-27-28-25(30(23)17-21-9-6-16-32-21)33-22(18-7-2-1-3-8-18)24(31)29-14-4-5-15-29/h1-3,6-13,16,22H,4-5,14-15,17H2/t22-/m1/s1. The Balaban J connectivity index is 1.53. The largest absolute Gasteiger partial charge is 0.467 e. The van der Waals surface area contributed by atoms with Gasteiger partial charge in [-0.05, 0) is 54.8 Å². The summed E-state index contributed by atoms with van der Waals surface area (Å²) in [6.45, 7) is 2.06. The normalized spacial score (nSPS) is 14.5. The predicted molar refractivity (Wildman–Crippen MR) is 129 cm³/mol. The SMILES string of the molecule is O=C([C@H](Sc1nnc(-c2ccc(Cl)cc2)n1Cc1ccco1)c1ccccc1)N1CCCC1. The van der Waals surface area contributed by atoms with Crippen molar-refractivity contribution in [1.82, 2.24) is 19.7 Å². The lowest BCUT2D eigenvalue weighted by Gasteiger charge is -2.23. The minimum atomic E-state index is -0.401. The molecule has 33 heavy (non-hydrogen) atoms. The molecule has 0 bridgehead atoms. The smallest absolute Gasteiger partial charge is 0.240 e. The fourth-order valence-electron chi connectivity index (χ4n) is 3.99. The van der Waals surface area contributed by atoms with Gasteiger partial charge in [-0.3, -0.25) is 9.36 Å². The summed E-state index contributed by atoms with van der Waals surface area (Å²) in [5.74, 6) is 1.60. The second kappa shape index (κ2) is 9.85. The zero-order valence-electron chi connectivity index (χ0n) is 17.9. The number of benzene rings is 2. The summed E-state index contributed by atoms with van der Waals surface area (Å²) in [7, 11) is 0. The molecular formula is C25H23ClN4O2S. The van der Waals surface area contributed by atoms with Crippen molar-refractivity contribution in [1.29, 1.82) is 0 Å². The molecular weight excluding hydrogens is 456 g/mol. The number of nitrogens with zero attached hydrogens (tertiary/aromatic N) is 4. The number of hydrogen-bond acceptors (Lipinski definition) is 5. The second-order valence-corrected chi connectivity index (χ2v) is 9.43. The number of thioether (sulfide) groups is 1. The molecule has 0 spiro atoms. The van der Waals surface area contributed by atoms with E-state index in [9.17, 15) is 4.79 Å². The molecule has 0 N–H and O–H groups in total. The zero-order chi connectivity index (χ0) is 22.6. The highest BCUT2D eigenvalue weighted by Gasteiger charge is 2.31. The van der Waals surface area contributed by atoms with Gasteiger partial charge in [-0.15, -0.1) is 10.2 Å². The van der Waals surface area contributed by atoms with Crippen LogP contribution in [0.3, 0.4) is 0 Å². The van der Waals surface area contributed by atoms with Gasteiger partial charge in [0.25, 0.3) is 0 Å². The van der Waals surface area contributed by atoms with Gasteiger partial charge in [0.1, 0.15) is 11.0 Å². The van der Waals surface area contributed by atoms with Crippen molar-refractivity contribution in [3.63, 3.8) is 0 Å². The second-order valence-electron chi connectivity index (χ2n) is 7.92. The summed E-state index contributed by atoms with van der Waals surface area (Å²) in [5.41, 5.74) is 1.85. The fourth-order valence-corrected chi connectivity index (χ4v) is 5.23. The number of amides is 1. The fraction of sp³-hybridized carbons (Fsp3) is 0.240. The Morgan fingerprint density at radius 3 is 2.45 bits per heavy atom. The Kier molecular flexibility index (Phi) is 6.51. The molecule has 0 unspecified atom stereocenters. The summed E-state index contributed by atoms with van der Waals surface area (Å²) >= 11 is 7.52. The van der Waals surface area contributed by atoms with Crippen molar-refractivity contribution in [3.8, 4) is 11.4 Å². The molecule has 0 radical (unpaired) electrons. The lowest BCUT2D eigenvalue weighted by Crippen LogP contribution is -2.31. The Bertz CT molecular complexity index is 1200. The van der Waals surface area contributed by atoms with Crippen molar-refractivity contribution in [2.24, 2.45) is 0 Å². The van der Waals surface area contributed by atoms with Crippen LogP contribution in [0.4, 0.5) is 0 Å². The monoisotopic (exact) mass is 478 g/mol. The van der Waals surface area contributed by atoms with E-state index in [1.54, 1.807) is 6.26 Å². The van der Waals surface area contributed by atoms with E-state index < -0.39 is 5.25 Å². The quantitative estimate of drug-likeness (QED) is 0.319. The summed E-state index contributed by atoms with van der Waals surface area (Å²) < 4.78 is 7.61. The van der Waals surface area contributed by atoms with Crippen molar-refractivity contribution < 1.29 is 9.21 Å². The highest BCUT2D eigenvalue weighted by Crippen LogP contribution is 2.38. The topological polar surface area (TPSA) is 64.2 Å². The van der Waals surface area contributed by atoms with Crippen LogP contribution in [0.1, 0.15) is 29.4 Å². The molecule has 3 heterocycles. The molecule has 0 aliphatic carbocycles. The van der Waals surface area contributed by atoms with E-state index in [0.717, 1.165) is 42.8 Å². The minimum Gasteiger partial charge on any atom is -0.467 e. The average molecular weight is 479 g/mol. The van der Waals surface area contributed by atoms with E-state index in [4.69, 9.17) is 16.0 Å². The Morgan fingerprint density at radius 2 is 1.76 bits per heavy atom. The molecule has 1 fully saturated rings. The van der Waals surface area contributed by atoms with Gasteiger partial charge in [0.2, 0.25) is 5.91 Å². The van der Waals surface area contributed by atoms with Crippen LogP contribution in [0.5, 0.6) is 0 Å². The maximum Gasteiger partial charge on any atom is 0.240 e. The van der Waals surface area contributed by atoms with Gasteiger partial charge in [-0.25, -0.2) is 0 Å². The Morgan fingerprint density at radius 1 is 1.00 bits per heavy atom. The van der Waals surface area contributed by atoms with Gasteiger partial charge >= 0.3 is 0 Å². The zero-order valence-corrected chi connectivity index (χ0v) is 19.5. The molecule has 168 valence electrons. The van der Waals surface area contributed by atoms with Gasteiger partial charge in [0.15, 0.2) is 11.0 Å². The molecule has 0 saturated carbocycles. The molecule has 1 aliphatic rings. The summed E-state index contributed by atoms with van der Waals surface area (Å²) in [6, 6.07) is 21.2. The van der Waals surface area contributed by atoms with Crippen molar-refractivity contribution in [3.05, 3.63) is 89.3 Å². The van der Waals surface area contributed by atoms with Gasteiger partial charge in [-0.1, -0.05) is 53.7 Å². The first-order valence-electron chi connectivity index (χ1n) is 10.9. The maximum atomic E-state index is 13.5. The molecule has 8 heteroatoms. The van der Waals surface area contributed by atoms with Crippen LogP contribution in [0, 0.1) is 0 Å². The van der Waals surface area contributed by atoms with Crippen LogP contribution < -0.4 is 0 Å². The van der Waals surface area contributed by atoms with Gasteiger partial charge < -0.3 is 9.32 Å². The van der Waals surface area contributed by atoms with Crippen LogP contribution in [0.25, 0.3) is 11.4 Å². The molecule has 6 nitrogen and oxygen atoms in total. The summed E-state index contributed by atoms with van der Waals surface area (Å²) in [5, 5.41) is 9.90. The van der Waals surface area contributed by atoms with E-state index >= 15 is 0 Å². The van der Waals surface area contributed by atoms with E-state index in [1.807, 2.05) is 76.2 Å². The number of halogens is 1. The molecule has 1 aliphatic heterocycles. The van der Waals surface area contributed by atoms with Crippen LogP contribution in [0.15, 0.2) is 82.6 Å². The van der Waals surface area contributed by atoms with E-state index in [-0.39, 0.29) is 5.91 Å². The molecule has 2 aromatic carbocycles. The minimum absolute atomic E-state index is 0.115. The van der Waals surface area contributed by atoms with E-state index in [2.05, 4.69) is 10.2 Å². The van der Waals surface area contributed by atoms with Crippen LogP contribution in [0.2, 0.25) is 5.02 Å². The van der Waals surface area contributed by atoms with Gasteiger partial charge in [-0.2, -0.15) is 0 Å². The molecule has 1 saturated heterocycles. The van der Waals surface area contributed by atoms with Gasteiger partial charge in [0.05, 0.1) is 12.8 Å². The number of aromatic nitrogens is 3. The highest BCUT2D eigenvalue weighted by molar-refractivity contribution is 8.00. The maximum absolute atomic E-state index is 13.5. The number of furan rings is 1. The van der Waals surface area contributed by atoms with Gasteiger partial charge in [0, 0.05) is 23.7 Å². The van der Waals surface area contributed by atoms with E-state index in [1.165, 1.54) is 11.8 Å². The first kappa shape index (κ1) is 21.8. The molecule has 2 aromatic heterocycles. The number of likely N-dealkylation sites (tertiary alicyclic amines) is 1. The Hall–Kier alpha value is -3.03. The predicted octanol–water partition coefficient (Wildman–Crippen LogP) is 5.70. The molecule has 4 aromatic rings. The number of carbonyl (C=O) groups excluding carboxylic acids is 1. The van der Waals surface area contributed by atoms with Crippen molar-refractivity contribution in [2.45, 2.75) is 29.8 Å². The lowest BCUT2D eigenvalue weighted by atomic mass is 10.1. The third-order valence-corrected chi connectivity index (χ3v) is 7.16. The van der Waals surface area contributed by atoms with Crippen LogP contribution in [-0.4, -0.2) is 38.7 Å². The lowest BCUT2D eigenvalue weighted by molar-refractivity contribution is -0.129. The van der Waals surface area contributed by atoms with Crippen molar-refractivity contribution in [2.75, 3.05) is 13.1 Å². The summed E-state index contributed by atoms with van der Waals surface area (Å²) in [6.07, 6.45) is 3.75. The summed E-state index contributed by atoms with van der Waals surface area (Å²) in [4.78, 5) is 15.5. The van der Waals surface area contributed by atoms with E-state index in [0.29, 0.717) is 22.5 Å². The van der Waals surface area contributed by atoms with Crippen molar-refractivity contribution >= 4 is 29.3 Å². The third kappa shape index (κ3) is 4.84. The molecule has 1 atom stereocenters. The highest BCUT2D eigenvalue weighted by atomic mass is 35.5. The molecule has 1 amide bonds. The first-order chi connectivity index (χ1) is 16.2. The van der Waals surface area contributed by atoms with Crippen LogP contribution in [-0.2, 0) is 11.3 Å². The number of carbonyl (C=O) groups is 1. The van der Waals surface area contributed by atoms with Crippen LogP contribution >= 0.6 is 23.4 Å². The number of rotatable bonds is 7. The molecule has 5 rings (SSSR count). The Labute approximate surface area is 201 Å². The average Bonchev–Trinajstić information content (AvgIpc) is 3.62.